The van der Waals surface area contributed by atoms with Crippen LogP contribution in [-0.4, -0.2) is 28.4 Å². The highest BCUT2D eigenvalue weighted by atomic mass is 32.2. The molecular formula is C17H18N3O3S-. The summed E-state index contributed by atoms with van der Waals surface area (Å²) in [5.74, 6) is 1.71. The summed E-state index contributed by atoms with van der Waals surface area (Å²) in [4.78, 5) is 13.1. The zero-order chi connectivity index (χ0) is 17.3. The van der Waals surface area contributed by atoms with Crippen LogP contribution in [0.1, 0.15) is 16.8 Å². The van der Waals surface area contributed by atoms with Crippen molar-refractivity contribution in [2.75, 3.05) is 14.2 Å². The normalized spacial score (nSPS) is 12.3. The van der Waals surface area contributed by atoms with E-state index in [0.29, 0.717) is 21.9 Å². The summed E-state index contributed by atoms with van der Waals surface area (Å²) in [6.07, 6.45) is 1.73. The summed E-state index contributed by atoms with van der Waals surface area (Å²) in [7, 11) is 1.83. The van der Waals surface area contributed by atoms with Gasteiger partial charge in [0.05, 0.1) is 36.5 Å². The highest BCUT2D eigenvalue weighted by molar-refractivity contribution is 7.84. The molecule has 2 heterocycles. The highest BCUT2D eigenvalue weighted by Gasteiger charge is 2.12. The molecule has 126 valence electrons. The fraction of sp³-hybridized carbons (Fsp3) is 0.294. The van der Waals surface area contributed by atoms with Gasteiger partial charge in [0.15, 0.2) is 0 Å². The lowest BCUT2D eigenvalue weighted by Crippen LogP contribution is -2.05. The van der Waals surface area contributed by atoms with Gasteiger partial charge in [-0.05, 0) is 37.0 Å². The number of fused-ring (bicyclic) bond motifs is 1. The van der Waals surface area contributed by atoms with Crippen molar-refractivity contribution in [2.24, 2.45) is 0 Å². The molecule has 7 heteroatoms. The van der Waals surface area contributed by atoms with E-state index in [1.165, 1.54) is 0 Å². The standard InChI is InChI=1S/C17H18N3O3S/c1-10-8-18-15(11(2)16(10)23-4)9-24(21)17-19-13-6-5-12(22-3)7-14(13)20-17/h5-8H,9H2,1-4H3/q-1/t24-/m0/s1. The minimum atomic E-state index is -1.38. The third kappa shape index (κ3) is 2.99. The monoisotopic (exact) mass is 344 g/mol. The molecule has 2 aromatic heterocycles. The maximum atomic E-state index is 12.6. The van der Waals surface area contributed by atoms with E-state index in [1.54, 1.807) is 38.6 Å². The maximum Gasteiger partial charge on any atom is 0.128 e. The summed E-state index contributed by atoms with van der Waals surface area (Å²) in [6.45, 7) is 3.85. The fourth-order valence-corrected chi connectivity index (χ4v) is 3.62. The van der Waals surface area contributed by atoms with Crippen molar-refractivity contribution >= 4 is 21.8 Å². The molecule has 0 amide bonds. The minimum absolute atomic E-state index is 0.246. The Morgan fingerprint density at radius 3 is 2.71 bits per heavy atom. The summed E-state index contributed by atoms with van der Waals surface area (Å²) in [5.41, 5.74) is 3.94. The molecule has 0 unspecified atom stereocenters. The molecule has 3 rings (SSSR count). The predicted molar refractivity (Wildman–Crippen MR) is 92.0 cm³/mol. The smallest absolute Gasteiger partial charge is 0.128 e. The topological polar surface area (TPSA) is 75.4 Å². The van der Waals surface area contributed by atoms with Crippen molar-refractivity contribution in [3.05, 3.63) is 41.2 Å². The zero-order valence-corrected chi connectivity index (χ0v) is 14.8. The van der Waals surface area contributed by atoms with Gasteiger partial charge in [-0.15, -0.1) is 0 Å². The van der Waals surface area contributed by atoms with E-state index in [4.69, 9.17) is 9.47 Å². The molecule has 1 atom stereocenters. The first-order chi connectivity index (χ1) is 11.5. The van der Waals surface area contributed by atoms with E-state index in [2.05, 4.69) is 15.0 Å². The van der Waals surface area contributed by atoms with Gasteiger partial charge in [-0.25, -0.2) is 0 Å². The molecule has 0 bridgehead atoms. The Kier molecular flexibility index (Phi) is 4.53. The summed E-state index contributed by atoms with van der Waals surface area (Å²) >= 11 is 0. The largest absolute Gasteiger partial charge is 0.497 e. The van der Waals surface area contributed by atoms with E-state index < -0.39 is 10.8 Å². The summed E-state index contributed by atoms with van der Waals surface area (Å²) in [6, 6.07) is 5.39. The number of benzene rings is 1. The zero-order valence-electron chi connectivity index (χ0n) is 14.0. The van der Waals surface area contributed by atoms with Gasteiger partial charge < -0.3 is 19.4 Å². The number of aryl methyl sites for hydroxylation is 1. The average Bonchev–Trinajstić information content (AvgIpc) is 3.01. The molecule has 1 aromatic carbocycles. The van der Waals surface area contributed by atoms with E-state index >= 15 is 0 Å². The van der Waals surface area contributed by atoms with Gasteiger partial charge >= 0.3 is 0 Å². The third-order valence-electron chi connectivity index (χ3n) is 3.84. The van der Waals surface area contributed by atoms with Crippen LogP contribution < -0.4 is 14.5 Å². The van der Waals surface area contributed by atoms with Gasteiger partial charge in [0, 0.05) is 22.5 Å². The van der Waals surface area contributed by atoms with Gasteiger partial charge in [-0.3, -0.25) is 9.19 Å². The van der Waals surface area contributed by atoms with Crippen molar-refractivity contribution in [3.63, 3.8) is 0 Å². The van der Waals surface area contributed by atoms with Gasteiger partial charge in [0.1, 0.15) is 11.5 Å². The molecule has 0 spiro atoms. The number of hydrogen-bond donors (Lipinski definition) is 0. The Labute approximate surface area is 142 Å². The first-order valence-corrected chi connectivity index (χ1v) is 8.71. The van der Waals surface area contributed by atoms with Crippen LogP contribution in [0.25, 0.3) is 11.0 Å². The van der Waals surface area contributed by atoms with Crippen LogP contribution in [0, 0.1) is 13.8 Å². The summed E-state index contributed by atoms with van der Waals surface area (Å²) < 4.78 is 23.2. The Balaban J connectivity index is 1.90. The van der Waals surface area contributed by atoms with Gasteiger partial charge in [0.25, 0.3) is 0 Å². The molecule has 0 aliphatic rings. The van der Waals surface area contributed by atoms with Crippen LogP contribution in [0.3, 0.4) is 0 Å². The lowest BCUT2D eigenvalue weighted by atomic mass is 10.1. The lowest BCUT2D eigenvalue weighted by Gasteiger charge is -2.12. The number of rotatable bonds is 5. The van der Waals surface area contributed by atoms with E-state index in [0.717, 1.165) is 22.6 Å². The van der Waals surface area contributed by atoms with Gasteiger partial charge in [-0.2, -0.15) is 0 Å². The summed E-state index contributed by atoms with van der Waals surface area (Å²) in [5, 5.41) is 0.305. The van der Waals surface area contributed by atoms with Crippen molar-refractivity contribution in [1.82, 2.24) is 15.0 Å². The Hall–Kier alpha value is -2.41. The minimum Gasteiger partial charge on any atom is -0.497 e. The molecule has 0 aliphatic heterocycles. The first kappa shape index (κ1) is 16.4. The molecule has 0 saturated heterocycles. The van der Waals surface area contributed by atoms with Crippen molar-refractivity contribution in [3.8, 4) is 11.5 Å². The Morgan fingerprint density at radius 2 is 2.00 bits per heavy atom. The van der Waals surface area contributed by atoms with Crippen LogP contribution in [0.15, 0.2) is 29.6 Å². The predicted octanol–water partition coefficient (Wildman–Crippen LogP) is 2.53. The second kappa shape index (κ2) is 6.60. The molecule has 0 aliphatic carbocycles. The lowest BCUT2D eigenvalue weighted by molar-refractivity contribution is 0.407. The molecule has 0 saturated carbocycles. The van der Waals surface area contributed by atoms with Crippen LogP contribution >= 0.6 is 0 Å². The highest BCUT2D eigenvalue weighted by Crippen LogP contribution is 2.26. The number of nitrogens with zero attached hydrogens (tertiary/aromatic N) is 3. The fourth-order valence-electron chi connectivity index (χ4n) is 2.55. The molecule has 6 nitrogen and oxygen atoms in total. The third-order valence-corrected chi connectivity index (χ3v) is 4.96. The van der Waals surface area contributed by atoms with Crippen LogP contribution in [0.4, 0.5) is 0 Å². The SMILES string of the molecule is COc1ccc2[n-]c([S@@](=O)Cc3ncc(C)c(OC)c3C)nc2c1. The van der Waals surface area contributed by atoms with Gasteiger partial charge in [0.2, 0.25) is 0 Å². The molecule has 3 aromatic rings. The molecule has 0 radical (unpaired) electrons. The molecular weight excluding hydrogens is 326 g/mol. The number of ether oxygens (including phenoxy) is 2. The second-order valence-electron chi connectivity index (χ2n) is 5.40. The van der Waals surface area contributed by atoms with Crippen LogP contribution in [-0.2, 0) is 16.6 Å². The number of methoxy groups -OCH3 is 2. The number of hydrogen-bond acceptors (Lipinski definition) is 5. The number of imidazole rings is 1. The van der Waals surface area contributed by atoms with E-state index in [-0.39, 0.29) is 5.75 Å². The molecule has 0 N–H and O–H groups in total. The Morgan fingerprint density at radius 1 is 1.21 bits per heavy atom. The molecule has 24 heavy (non-hydrogen) atoms. The van der Waals surface area contributed by atoms with E-state index in [1.807, 2.05) is 13.8 Å². The number of pyridine rings is 1. The molecule has 0 fully saturated rings. The van der Waals surface area contributed by atoms with Crippen LogP contribution in [0.5, 0.6) is 11.5 Å². The maximum absolute atomic E-state index is 12.6. The van der Waals surface area contributed by atoms with Gasteiger partial charge in [-0.1, -0.05) is 6.07 Å². The number of aromatic nitrogens is 3. The van der Waals surface area contributed by atoms with E-state index in [9.17, 15) is 4.21 Å². The van der Waals surface area contributed by atoms with Crippen molar-refractivity contribution < 1.29 is 13.7 Å². The average molecular weight is 344 g/mol. The first-order valence-electron chi connectivity index (χ1n) is 7.39. The van der Waals surface area contributed by atoms with Crippen LogP contribution in [0.2, 0.25) is 0 Å². The second-order valence-corrected chi connectivity index (χ2v) is 6.74. The quantitative estimate of drug-likeness (QED) is 0.708. The van der Waals surface area contributed by atoms with Crippen molar-refractivity contribution in [1.29, 1.82) is 0 Å². The Bertz CT molecular complexity index is 921. The van der Waals surface area contributed by atoms with Crippen molar-refractivity contribution in [2.45, 2.75) is 24.8 Å².